The SMILES string of the molecule is Cc1c(C)n2c3c(=O)n(Cc4ccccc4)c(=O)n(C)c3nc2n1[C@H](C)c1ccccc1. The standard InChI is InChI=1S/C25H25N5O2/c1-16-17(2)30-21-22(26-24(30)29(16)18(3)20-13-9-6-10-14-20)27(4)25(32)28(23(21)31)15-19-11-7-5-8-12-19/h5-14,18H,15H2,1-4H3/t18-/m1/s1. The molecule has 3 heterocycles. The Balaban J connectivity index is 1.81. The quantitative estimate of drug-likeness (QED) is 0.441. The number of benzene rings is 2. The van der Waals surface area contributed by atoms with Crippen LogP contribution in [0.2, 0.25) is 0 Å². The van der Waals surface area contributed by atoms with E-state index < -0.39 is 0 Å². The molecule has 0 N–H and O–H groups in total. The average Bonchev–Trinajstić information content (AvgIpc) is 3.31. The molecule has 0 fully saturated rings. The number of fused-ring (bicyclic) bond motifs is 3. The Morgan fingerprint density at radius 2 is 1.53 bits per heavy atom. The summed E-state index contributed by atoms with van der Waals surface area (Å²) in [6, 6.07) is 19.8. The van der Waals surface area contributed by atoms with Gasteiger partial charge in [0.05, 0.1) is 12.6 Å². The molecule has 0 aliphatic carbocycles. The Bertz CT molecular complexity index is 1570. The molecule has 0 bridgehead atoms. The summed E-state index contributed by atoms with van der Waals surface area (Å²) in [6.07, 6.45) is 0. The van der Waals surface area contributed by atoms with Crippen molar-refractivity contribution in [3.05, 3.63) is 104 Å². The maximum absolute atomic E-state index is 13.6. The first-order valence-electron chi connectivity index (χ1n) is 10.7. The third-order valence-electron chi connectivity index (χ3n) is 6.41. The predicted molar refractivity (Wildman–Crippen MR) is 125 cm³/mol. The van der Waals surface area contributed by atoms with Gasteiger partial charge in [-0.05, 0) is 31.9 Å². The Labute approximate surface area is 184 Å². The second-order valence-corrected chi connectivity index (χ2v) is 8.27. The molecular weight excluding hydrogens is 402 g/mol. The second-order valence-electron chi connectivity index (χ2n) is 8.27. The lowest BCUT2D eigenvalue weighted by molar-refractivity contribution is 0.637. The van der Waals surface area contributed by atoms with Crippen LogP contribution in [0.15, 0.2) is 70.3 Å². The largest absolute Gasteiger partial charge is 0.332 e. The zero-order chi connectivity index (χ0) is 22.6. The molecule has 1 atom stereocenters. The van der Waals surface area contributed by atoms with Crippen molar-refractivity contribution in [3.8, 4) is 0 Å². The van der Waals surface area contributed by atoms with Crippen molar-refractivity contribution < 1.29 is 0 Å². The maximum atomic E-state index is 13.6. The van der Waals surface area contributed by atoms with Crippen LogP contribution in [0.3, 0.4) is 0 Å². The Morgan fingerprint density at radius 3 is 2.19 bits per heavy atom. The number of nitrogens with zero attached hydrogens (tertiary/aromatic N) is 5. The molecule has 0 saturated carbocycles. The fraction of sp³-hybridized carbons (Fsp3) is 0.240. The molecule has 0 unspecified atom stereocenters. The summed E-state index contributed by atoms with van der Waals surface area (Å²) in [5.41, 5.74) is 4.15. The summed E-state index contributed by atoms with van der Waals surface area (Å²) in [5, 5.41) is 0. The minimum absolute atomic E-state index is 0.0211. The Morgan fingerprint density at radius 1 is 0.906 bits per heavy atom. The van der Waals surface area contributed by atoms with E-state index in [0.717, 1.165) is 22.5 Å². The normalized spacial score (nSPS) is 12.6. The molecule has 7 heteroatoms. The molecule has 0 aliphatic heterocycles. The minimum Gasteiger partial charge on any atom is -0.307 e. The van der Waals surface area contributed by atoms with Crippen LogP contribution in [0, 0.1) is 13.8 Å². The number of hydrogen-bond donors (Lipinski definition) is 0. The van der Waals surface area contributed by atoms with Crippen molar-refractivity contribution in [2.24, 2.45) is 7.05 Å². The number of aryl methyl sites for hydroxylation is 2. The summed E-state index contributed by atoms with van der Waals surface area (Å²) in [5.74, 6) is 0.663. The van der Waals surface area contributed by atoms with E-state index in [4.69, 9.17) is 4.98 Å². The molecule has 2 aromatic carbocycles. The molecular formula is C25H25N5O2. The summed E-state index contributed by atoms with van der Waals surface area (Å²) >= 11 is 0. The van der Waals surface area contributed by atoms with E-state index in [0.29, 0.717) is 16.9 Å². The first-order valence-corrected chi connectivity index (χ1v) is 10.7. The van der Waals surface area contributed by atoms with Crippen molar-refractivity contribution in [1.29, 1.82) is 0 Å². The van der Waals surface area contributed by atoms with E-state index in [1.54, 1.807) is 7.05 Å². The van der Waals surface area contributed by atoms with Crippen molar-refractivity contribution in [3.63, 3.8) is 0 Å². The summed E-state index contributed by atoms with van der Waals surface area (Å²) in [7, 11) is 1.67. The third-order valence-corrected chi connectivity index (χ3v) is 6.41. The van der Waals surface area contributed by atoms with Crippen LogP contribution >= 0.6 is 0 Å². The van der Waals surface area contributed by atoms with Crippen LogP contribution in [-0.4, -0.2) is 23.1 Å². The highest BCUT2D eigenvalue weighted by Crippen LogP contribution is 2.27. The Kier molecular flexibility index (Phi) is 4.62. The lowest BCUT2D eigenvalue weighted by Gasteiger charge is -2.16. The lowest BCUT2D eigenvalue weighted by Crippen LogP contribution is -2.39. The van der Waals surface area contributed by atoms with Crippen LogP contribution in [0.4, 0.5) is 0 Å². The summed E-state index contributed by atoms with van der Waals surface area (Å²) < 4.78 is 6.79. The van der Waals surface area contributed by atoms with Gasteiger partial charge in [0, 0.05) is 18.4 Å². The van der Waals surface area contributed by atoms with Crippen molar-refractivity contribution in [2.45, 2.75) is 33.4 Å². The van der Waals surface area contributed by atoms with Gasteiger partial charge in [0.1, 0.15) is 0 Å². The van der Waals surface area contributed by atoms with Gasteiger partial charge in [-0.3, -0.25) is 18.3 Å². The second kappa shape index (κ2) is 7.37. The van der Waals surface area contributed by atoms with Gasteiger partial charge in [-0.1, -0.05) is 60.7 Å². The van der Waals surface area contributed by atoms with E-state index in [9.17, 15) is 9.59 Å². The van der Waals surface area contributed by atoms with E-state index in [1.165, 1.54) is 9.13 Å². The van der Waals surface area contributed by atoms with Crippen LogP contribution in [-0.2, 0) is 13.6 Å². The molecule has 0 spiro atoms. The smallest absolute Gasteiger partial charge is 0.307 e. The fourth-order valence-corrected chi connectivity index (χ4v) is 4.52. The molecule has 32 heavy (non-hydrogen) atoms. The molecule has 0 saturated heterocycles. The van der Waals surface area contributed by atoms with Gasteiger partial charge in [0.2, 0.25) is 5.78 Å². The van der Waals surface area contributed by atoms with Crippen molar-refractivity contribution in [1.82, 2.24) is 23.1 Å². The van der Waals surface area contributed by atoms with Crippen molar-refractivity contribution >= 4 is 16.9 Å². The maximum Gasteiger partial charge on any atom is 0.332 e. The summed E-state index contributed by atoms with van der Waals surface area (Å²) in [6.45, 7) is 6.37. The zero-order valence-corrected chi connectivity index (χ0v) is 18.6. The topological polar surface area (TPSA) is 66.2 Å². The monoisotopic (exact) mass is 427 g/mol. The summed E-state index contributed by atoms with van der Waals surface area (Å²) in [4.78, 5) is 31.4. The van der Waals surface area contributed by atoms with E-state index >= 15 is 0 Å². The predicted octanol–water partition coefficient (Wildman–Crippen LogP) is 3.42. The van der Waals surface area contributed by atoms with E-state index in [1.807, 2.05) is 66.8 Å². The highest BCUT2D eigenvalue weighted by molar-refractivity contribution is 5.76. The van der Waals surface area contributed by atoms with Gasteiger partial charge in [-0.15, -0.1) is 0 Å². The average molecular weight is 428 g/mol. The molecule has 5 aromatic rings. The number of hydrogen-bond acceptors (Lipinski definition) is 3. The minimum atomic E-state index is -0.371. The highest BCUT2D eigenvalue weighted by atomic mass is 16.2. The third kappa shape index (κ3) is 2.85. The molecule has 5 rings (SSSR count). The van der Waals surface area contributed by atoms with Gasteiger partial charge in [0.25, 0.3) is 5.56 Å². The van der Waals surface area contributed by atoms with Gasteiger partial charge >= 0.3 is 5.69 Å². The lowest BCUT2D eigenvalue weighted by atomic mass is 10.1. The van der Waals surface area contributed by atoms with Crippen LogP contribution in [0.5, 0.6) is 0 Å². The number of aromatic nitrogens is 5. The van der Waals surface area contributed by atoms with E-state index in [-0.39, 0.29) is 23.8 Å². The van der Waals surface area contributed by atoms with E-state index in [2.05, 4.69) is 23.6 Å². The molecule has 0 amide bonds. The number of rotatable bonds is 4. The van der Waals surface area contributed by atoms with Gasteiger partial charge < -0.3 is 4.57 Å². The zero-order valence-electron chi connectivity index (χ0n) is 18.6. The highest BCUT2D eigenvalue weighted by Gasteiger charge is 2.24. The van der Waals surface area contributed by atoms with Crippen LogP contribution < -0.4 is 11.2 Å². The molecule has 7 nitrogen and oxygen atoms in total. The van der Waals surface area contributed by atoms with Crippen LogP contribution in [0.25, 0.3) is 16.9 Å². The van der Waals surface area contributed by atoms with Gasteiger partial charge in [0.15, 0.2) is 11.2 Å². The van der Waals surface area contributed by atoms with Gasteiger partial charge in [-0.25, -0.2) is 4.79 Å². The molecule has 162 valence electrons. The van der Waals surface area contributed by atoms with Crippen LogP contribution in [0.1, 0.15) is 35.5 Å². The molecule has 0 aliphatic rings. The molecule has 3 aromatic heterocycles. The number of imidazole rings is 2. The van der Waals surface area contributed by atoms with Gasteiger partial charge in [-0.2, -0.15) is 4.98 Å². The molecule has 0 radical (unpaired) electrons. The van der Waals surface area contributed by atoms with Crippen molar-refractivity contribution in [2.75, 3.05) is 0 Å². The first-order chi connectivity index (χ1) is 15.4. The fourth-order valence-electron chi connectivity index (χ4n) is 4.52. The first kappa shape index (κ1) is 20.1. The Hall–Kier alpha value is -3.87.